The molecule has 0 heterocycles. The van der Waals surface area contributed by atoms with E-state index in [0.29, 0.717) is 5.56 Å². The lowest BCUT2D eigenvalue weighted by molar-refractivity contribution is -0.139. The van der Waals surface area contributed by atoms with Gasteiger partial charge in [-0.1, -0.05) is 36.4 Å². The summed E-state index contributed by atoms with van der Waals surface area (Å²) in [5.74, 6) is -2.20. The van der Waals surface area contributed by atoms with E-state index in [1.54, 1.807) is 48.5 Å². The van der Waals surface area contributed by atoms with Crippen LogP contribution in [0, 0.1) is 0 Å². The van der Waals surface area contributed by atoms with Crippen molar-refractivity contribution < 1.29 is 23.1 Å². The SMILES string of the molecule is O=C(N[C@@H](CCS(=O)(=O)c1ccccc1)C(=O)O)c1ccccc1. The van der Waals surface area contributed by atoms with E-state index in [9.17, 15) is 23.1 Å². The van der Waals surface area contributed by atoms with Gasteiger partial charge < -0.3 is 10.4 Å². The molecule has 1 atom stereocenters. The van der Waals surface area contributed by atoms with Gasteiger partial charge in [-0.05, 0) is 30.7 Å². The van der Waals surface area contributed by atoms with Gasteiger partial charge in [-0.15, -0.1) is 0 Å². The minimum absolute atomic E-state index is 0.128. The van der Waals surface area contributed by atoms with Crippen LogP contribution >= 0.6 is 0 Å². The zero-order valence-corrected chi connectivity index (χ0v) is 13.6. The van der Waals surface area contributed by atoms with Crippen molar-refractivity contribution in [1.29, 1.82) is 0 Å². The predicted octanol–water partition coefficient (Wildman–Crippen LogP) is 1.73. The molecule has 6 nitrogen and oxygen atoms in total. The summed E-state index contributed by atoms with van der Waals surface area (Å²) >= 11 is 0. The Balaban J connectivity index is 2.04. The Morgan fingerprint density at radius 2 is 1.50 bits per heavy atom. The quantitative estimate of drug-likeness (QED) is 0.794. The van der Waals surface area contributed by atoms with Crippen LogP contribution in [0.25, 0.3) is 0 Å². The van der Waals surface area contributed by atoms with E-state index >= 15 is 0 Å². The number of carboxylic acids is 1. The molecular weight excluding hydrogens is 330 g/mol. The van der Waals surface area contributed by atoms with Gasteiger partial charge >= 0.3 is 5.97 Å². The Morgan fingerprint density at radius 1 is 0.958 bits per heavy atom. The van der Waals surface area contributed by atoms with Crippen molar-refractivity contribution in [1.82, 2.24) is 5.32 Å². The van der Waals surface area contributed by atoms with E-state index in [2.05, 4.69) is 5.32 Å². The molecule has 126 valence electrons. The van der Waals surface area contributed by atoms with E-state index in [0.717, 1.165) is 0 Å². The van der Waals surface area contributed by atoms with Gasteiger partial charge in [0.2, 0.25) is 0 Å². The fourth-order valence-corrected chi connectivity index (χ4v) is 3.46. The minimum atomic E-state index is -3.60. The van der Waals surface area contributed by atoms with Gasteiger partial charge in [0, 0.05) is 5.56 Å². The number of carboxylic acid groups (broad SMARTS) is 1. The topological polar surface area (TPSA) is 101 Å². The average Bonchev–Trinajstić information content (AvgIpc) is 2.59. The predicted molar refractivity (Wildman–Crippen MR) is 88.4 cm³/mol. The van der Waals surface area contributed by atoms with Crippen LogP contribution in [-0.4, -0.2) is 37.2 Å². The van der Waals surface area contributed by atoms with Gasteiger partial charge in [-0.3, -0.25) is 4.79 Å². The molecule has 0 saturated heterocycles. The van der Waals surface area contributed by atoms with Crippen LogP contribution in [0.3, 0.4) is 0 Å². The molecule has 0 aromatic heterocycles. The molecule has 2 rings (SSSR count). The molecule has 7 heteroatoms. The lowest BCUT2D eigenvalue weighted by atomic mass is 10.1. The Hall–Kier alpha value is -2.67. The van der Waals surface area contributed by atoms with Crippen molar-refractivity contribution in [2.45, 2.75) is 17.4 Å². The third-order valence-corrected chi connectivity index (χ3v) is 5.18. The van der Waals surface area contributed by atoms with Gasteiger partial charge in [-0.25, -0.2) is 13.2 Å². The lowest BCUT2D eigenvalue weighted by Crippen LogP contribution is -2.41. The summed E-state index contributed by atoms with van der Waals surface area (Å²) in [5, 5.41) is 11.6. The van der Waals surface area contributed by atoms with Gasteiger partial charge in [-0.2, -0.15) is 0 Å². The van der Waals surface area contributed by atoms with E-state index in [4.69, 9.17) is 0 Å². The highest BCUT2D eigenvalue weighted by atomic mass is 32.2. The second-order valence-electron chi connectivity index (χ2n) is 5.15. The zero-order valence-electron chi connectivity index (χ0n) is 12.8. The molecule has 0 radical (unpaired) electrons. The van der Waals surface area contributed by atoms with Crippen LogP contribution < -0.4 is 5.32 Å². The number of carbonyl (C=O) groups is 2. The number of benzene rings is 2. The van der Waals surface area contributed by atoms with Crippen LogP contribution in [0.1, 0.15) is 16.8 Å². The molecule has 0 aliphatic heterocycles. The molecule has 0 bridgehead atoms. The summed E-state index contributed by atoms with van der Waals surface area (Å²) < 4.78 is 24.4. The highest BCUT2D eigenvalue weighted by molar-refractivity contribution is 7.91. The number of nitrogens with one attached hydrogen (secondary N) is 1. The molecule has 0 aliphatic rings. The summed E-state index contributed by atoms with van der Waals surface area (Å²) in [6, 6.07) is 14.7. The Morgan fingerprint density at radius 3 is 2.04 bits per heavy atom. The fourth-order valence-electron chi connectivity index (χ4n) is 2.11. The molecule has 0 saturated carbocycles. The van der Waals surface area contributed by atoms with Gasteiger partial charge in [0.1, 0.15) is 6.04 Å². The molecule has 0 aliphatic carbocycles. The maximum atomic E-state index is 12.2. The summed E-state index contributed by atoms with van der Waals surface area (Å²) in [6.45, 7) is 0. The third kappa shape index (κ3) is 4.66. The molecule has 0 fully saturated rings. The normalized spacial score (nSPS) is 12.3. The summed E-state index contributed by atoms with van der Waals surface area (Å²) in [7, 11) is -3.60. The van der Waals surface area contributed by atoms with Gasteiger partial charge in [0.25, 0.3) is 5.91 Å². The number of sulfone groups is 1. The van der Waals surface area contributed by atoms with Crippen molar-refractivity contribution in [3.8, 4) is 0 Å². The first-order valence-electron chi connectivity index (χ1n) is 7.26. The smallest absolute Gasteiger partial charge is 0.326 e. The first-order valence-corrected chi connectivity index (χ1v) is 8.92. The van der Waals surface area contributed by atoms with Crippen LogP contribution in [0.2, 0.25) is 0 Å². The monoisotopic (exact) mass is 347 g/mol. The van der Waals surface area contributed by atoms with E-state index in [-0.39, 0.29) is 17.1 Å². The van der Waals surface area contributed by atoms with Crippen molar-refractivity contribution >= 4 is 21.7 Å². The molecule has 1 amide bonds. The van der Waals surface area contributed by atoms with E-state index < -0.39 is 27.8 Å². The Bertz CT molecular complexity index is 803. The van der Waals surface area contributed by atoms with Gasteiger partial charge in [0.15, 0.2) is 9.84 Å². The summed E-state index contributed by atoms with van der Waals surface area (Å²) in [5.41, 5.74) is 0.315. The van der Waals surface area contributed by atoms with Crippen molar-refractivity contribution in [3.63, 3.8) is 0 Å². The number of rotatable bonds is 7. The first kappa shape index (κ1) is 17.7. The Kier molecular flexibility index (Phi) is 5.70. The van der Waals surface area contributed by atoms with E-state index in [1.165, 1.54) is 12.1 Å². The van der Waals surface area contributed by atoms with Crippen molar-refractivity contribution in [3.05, 3.63) is 66.2 Å². The van der Waals surface area contributed by atoms with Crippen LogP contribution in [-0.2, 0) is 14.6 Å². The standard InChI is InChI=1S/C17H17NO5S/c19-16(13-7-3-1-4-8-13)18-15(17(20)21)11-12-24(22,23)14-9-5-2-6-10-14/h1-10,15H,11-12H2,(H,18,19)(H,20,21)/t15-/m0/s1. The lowest BCUT2D eigenvalue weighted by Gasteiger charge is -2.14. The second kappa shape index (κ2) is 7.74. The highest BCUT2D eigenvalue weighted by Gasteiger charge is 2.24. The van der Waals surface area contributed by atoms with Crippen LogP contribution in [0.4, 0.5) is 0 Å². The molecule has 2 aromatic carbocycles. The van der Waals surface area contributed by atoms with Crippen LogP contribution in [0.5, 0.6) is 0 Å². The maximum Gasteiger partial charge on any atom is 0.326 e. The summed E-state index contributed by atoms with van der Waals surface area (Å²) in [6.07, 6.45) is -0.217. The molecule has 0 spiro atoms. The third-order valence-electron chi connectivity index (χ3n) is 3.42. The zero-order chi connectivity index (χ0) is 17.6. The number of aliphatic carboxylic acids is 1. The second-order valence-corrected chi connectivity index (χ2v) is 7.26. The number of hydrogen-bond donors (Lipinski definition) is 2. The minimum Gasteiger partial charge on any atom is -0.480 e. The largest absolute Gasteiger partial charge is 0.480 e. The first-order chi connectivity index (χ1) is 11.4. The maximum absolute atomic E-state index is 12.2. The molecule has 0 unspecified atom stereocenters. The molecule has 2 N–H and O–H groups in total. The number of hydrogen-bond acceptors (Lipinski definition) is 4. The average molecular weight is 347 g/mol. The number of amides is 1. The van der Waals surface area contributed by atoms with E-state index in [1.807, 2.05) is 0 Å². The Labute approximate surface area is 140 Å². The molecule has 2 aromatic rings. The van der Waals surface area contributed by atoms with Gasteiger partial charge in [0.05, 0.1) is 10.6 Å². The van der Waals surface area contributed by atoms with Crippen molar-refractivity contribution in [2.75, 3.05) is 5.75 Å². The molecule has 24 heavy (non-hydrogen) atoms. The highest BCUT2D eigenvalue weighted by Crippen LogP contribution is 2.12. The number of carbonyl (C=O) groups excluding carboxylic acids is 1. The van der Waals surface area contributed by atoms with Crippen LogP contribution in [0.15, 0.2) is 65.6 Å². The summed E-state index contributed by atoms with van der Waals surface area (Å²) in [4.78, 5) is 23.5. The molecular formula is C17H17NO5S. The van der Waals surface area contributed by atoms with Crippen molar-refractivity contribution in [2.24, 2.45) is 0 Å². The fraction of sp³-hybridized carbons (Fsp3) is 0.176.